The summed E-state index contributed by atoms with van der Waals surface area (Å²) in [6.45, 7) is 6.25. The van der Waals surface area contributed by atoms with Gasteiger partial charge in [-0.2, -0.15) is 30.3 Å². The number of aliphatic hydroxyl groups is 1. The number of benzene rings is 9. The van der Waals surface area contributed by atoms with Crippen molar-refractivity contribution in [3.8, 4) is 11.1 Å². The molecule has 0 radical (unpaired) electrons. The molecule has 306 valence electrons. The molecule has 0 spiro atoms. The number of aliphatic hydroxyl groups excluding tert-OH is 1. The molecule has 0 heterocycles. The number of carbonyl (C=O) groups is 1. The first-order valence-electron chi connectivity index (χ1n) is 20.2. The Morgan fingerprint density at radius 2 is 0.770 bits per heavy atom. The number of hydrogen-bond donors (Lipinski definition) is 1. The van der Waals surface area contributed by atoms with Gasteiger partial charge in [-0.25, -0.2) is 0 Å². The normalized spacial score (nSPS) is 10.9. The minimum atomic E-state index is -0.852. The monoisotopic (exact) mass is 921 g/mol. The van der Waals surface area contributed by atoms with Gasteiger partial charge in [0.25, 0.3) is 0 Å². The molecular weight excluding hydrogens is 873 g/mol. The van der Waals surface area contributed by atoms with Gasteiger partial charge < -0.3 is 9.90 Å². The molecule has 9 aromatic rings. The standard InChI is InChI=1S/C44H32P2.C7H5O.C5H12O.Pd/c1-5-19-35(20-6-1)45(36-21-7-2-8-22-36)41-31-29-33-17-13-15-27-39(33)43(41)44-40-28-16-14-18-34(40)30-32-42(44)46(37-23-9-3-10-24-37)38-25-11-4-12-26-38;8-6-7-4-2-1-3-5-7;1-5(2,3)4-6;/h1-32H;2-6H;6H,4H2,1-3H3;/q;-1;;. The van der Waals surface area contributed by atoms with Gasteiger partial charge in [-0.05, 0) is 85.8 Å². The zero-order chi connectivity index (χ0) is 41.7. The van der Waals surface area contributed by atoms with Crippen LogP contribution >= 0.6 is 15.8 Å². The van der Waals surface area contributed by atoms with Gasteiger partial charge in [0.05, 0.1) is 0 Å². The molecule has 0 atom stereocenters. The molecule has 1 N–H and O–H groups in total. The SMILES string of the molecule is CC(C)(C)CO.O=Cc1cc[c-]cc1.[Pd].c1ccc(P(c2ccccc2)c2ccc3ccccc3c2-c2c(P(c3ccccc3)c3ccccc3)ccc3ccccc23)cc1. The first-order valence-corrected chi connectivity index (χ1v) is 22.9. The van der Waals surface area contributed by atoms with Gasteiger partial charge in [-0.3, -0.25) is 0 Å². The van der Waals surface area contributed by atoms with E-state index >= 15 is 0 Å². The van der Waals surface area contributed by atoms with Gasteiger partial charge in [0.1, 0.15) is 6.29 Å². The van der Waals surface area contributed by atoms with E-state index in [1.54, 1.807) is 24.3 Å². The maximum Gasteiger partial charge on any atom is 0.126 e. The Hall–Kier alpha value is -5.35. The molecule has 2 nitrogen and oxygen atoms in total. The number of rotatable bonds is 8. The van der Waals surface area contributed by atoms with Crippen LogP contribution in [0.3, 0.4) is 0 Å². The molecule has 9 aromatic carbocycles. The third-order valence-corrected chi connectivity index (χ3v) is 14.9. The van der Waals surface area contributed by atoms with Crippen molar-refractivity contribution in [2.24, 2.45) is 5.41 Å². The summed E-state index contributed by atoms with van der Waals surface area (Å²) in [4.78, 5) is 9.99. The minimum Gasteiger partial charge on any atom is -0.396 e. The van der Waals surface area contributed by atoms with Gasteiger partial charge in [0.2, 0.25) is 0 Å². The maximum absolute atomic E-state index is 9.99. The van der Waals surface area contributed by atoms with E-state index in [1.165, 1.54) is 64.5 Å². The molecule has 0 amide bonds. The summed E-state index contributed by atoms with van der Waals surface area (Å²) in [5.74, 6) is 0. The smallest absolute Gasteiger partial charge is 0.126 e. The average molecular weight is 922 g/mol. The topological polar surface area (TPSA) is 37.3 Å². The zero-order valence-corrected chi connectivity index (χ0v) is 38.0. The minimum absolute atomic E-state index is 0. The molecule has 61 heavy (non-hydrogen) atoms. The van der Waals surface area contributed by atoms with Crippen LogP contribution in [-0.2, 0) is 20.4 Å². The summed E-state index contributed by atoms with van der Waals surface area (Å²) in [5, 5.41) is 21.7. The van der Waals surface area contributed by atoms with Crippen LogP contribution in [0.5, 0.6) is 0 Å². The van der Waals surface area contributed by atoms with E-state index in [-0.39, 0.29) is 32.4 Å². The fourth-order valence-electron chi connectivity index (χ4n) is 7.06. The van der Waals surface area contributed by atoms with Gasteiger partial charge in [-0.15, -0.1) is 0 Å². The van der Waals surface area contributed by atoms with Gasteiger partial charge >= 0.3 is 0 Å². The number of carbonyl (C=O) groups excluding carboxylic acids is 1. The predicted molar refractivity (Wildman–Crippen MR) is 262 cm³/mol. The Morgan fingerprint density at radius 1 is 0.459 bits per heavy atom. The molecule has 0 aliphatic rings. The van der Waals surface area contributed by atoms with Crippen LogP contribution in [0.2, 0.25) is 0 Å². The van der Waals surface area contributed by atoms with Crippen LogP contribution < -0.4 is 31.8 Å². The van der Waals surface area contributed by atoms with Crippen molar-refractivity contribution in [1.82, 2.24) is 0 Å². The Balaban J connectivity index is 0.000000356. The van der Waals surface area contributed by atoms with Crippen LogP contribution in [0.1, 0.15) is 31.1 Å². The second kappa shape index (κ2) is 22.0. The number of aldehydes is 1. The van der Waals surface area contributed by atoms with Crippen LogP contribution in [0.4, 0.5) is 0 Å². The maximum atomic E-state index is 9.99. The fraction of sp³-hybridized carbons (Fsp3) is 0.0893. The summed E-state index contributed by atoms with van der Waals surface area (Å²) >= 11 is 0. The predicted octanol–water partition coefficient (Wildman–Crippen LogP) is 11.5. The van der Waals surface area contributed by atoms with Gasteiger partial charge in [0, 0.05) is 27.0 Å². The van der Waals surface area contributed by atoms with Crippen LogP contribution in [-0.4, -0.2) is 18.0 Å². The second-order valence-corrected chi connectivity index (χ2v) is 19.9. The fourth-order valence-corrected chi connectivity index (χ4v) is 12.0. The van der Waals surface area contributed by atoms with Crippen LogP contribution in [0.15, 0.2) is 218 Å². The van der Waals surface area contributed by atoms with E-state index in [1.807, 2.05) is 20.8 Å². The molecular formula is C56H49O2P2Pd-. The van der Waals surface area contributed by atoms with E-state index in [0.717, 1.165) is 6.29 Å². The van der Waals surface area contributed by atoms with Crippen molar-refractivity contribution in [3.63, 3.8) is 0 Å². The quantitative estimate of drug-likeness (QED) is 0.0714. The zero-order valence-electron chi connectivity index (χ0n) is 34.6. The van der Waals surface area contributed by atoms with E-state index in [4.69, 9.17) is 5.11 Å². The molecule has 0 aliphatic heterocycles. The third-order valence-electron chi connectivity index (χ3n) is 9.96. The molecule has 9 rings (SSSR count). The summed E-state index contributed by atoms with van der Waals surface area (Å²) in [6, 6.07) is 81.5. The van der Waals surface area contributed by atoms with E-state index in [0.29, 0.717) is 5.56 Å². The second-order valence-electron chi connectivity index (χ2n) is 15.5. The molecule has 0 fully saturated rings. The molecule has 0 bridgehead atoms. The molecule has 0 unspecified atom stereocenters. The van der Waals surface area contributed by atoms with Crippen molar-refractivity contribution >= 4 is 75.5 Å². The van der Waals surface area contributed by atoms with E-state index in [9.17, 15) is 4.79 Å². The molecule has 5 heteroatoms. The summed E-state index contributed by atoms with van der Waals surface area (Å²) in [6.07, 6.45) is 0.813. The van der Waals surface area contributed by atoms with Crippen molar-refractivity contribution in [2.75, 3.05) is 6.61 Å². The first kappa shape index (κ1) is 45.2. The molecule has 0 saturated carbocycles. The first-order chi connectivity index (χ1) is 29.4. The molecule has 0 aromatic heterocycles. The Morgan fingerprint density at radius 3 is 1.07 bits per heavy atom. The molecule has 0 saturated heterocycles. The van der Waals surface area contributed by atoms with Gasteiger partial charge in [-0.1, -0.05) is 220 Å². The van der Waals surface area contributed by atoms with Gasteiger partial charge in [0.15, 0.2) is 0 Å². The number of hydrogen-bond acceptors (Lipinski definition) is 2. The Labute approximate surface area is 377 Å². The van der Waals surface area contributed by atoms with Crippen molar-refractivity contribution in [1.29, 1.82) is 0 Å². The Kier molecular flexibility index (Phi) is 16.3. The number of fused-ring (bicyclic) bond motifs is 2. The van der Waals surface area contributed by atoms with Crippen molar-refractivity contribution < 1.29 is 30.3 Å². The van der Waals surface area contributed by atoms with E-state index < -0.39 is 15.8 Å². The average Bonchev–Trinajstić information content (AvgIpc) is 3.31. The Bertz CT molecular complexity index is 2500. The largest absolute Gasteiger partial charge is 0.396 e. The third kappa shape index (κ3) is 11.3. The van der Waals surface area contributed by atoms with E-state index in [2.05, 4.69) is 200 Å². The molecule has 0 aliphatic carbocycles. The van der Waals surface area contributed by atoms with Crippen LogP contribution in [0.25, 0.3) is 32.7 Å². The van der Waals surface area contributed by atoms with Crippen molar-refractivity contribution in [2.45, 2.75) is 20.8 Å². The summed E-state index contributed by atoms with van der Waals surface area (Å²) in [5.41, 5.74) is 3.50. The van der Waals surface area contributed by atoms with Crippen molar-refractivity contribution in [3.05, 3.63) is 230 Å². The summed E-state index contributed by atoms with van der Waals surface area (Å²) in [7, 11) is -1.70. The van der Waals surface area contributed by atoms with Crippen LogP contribution in [0, 0.1) is 11.5 Å². The summed E-state index contributed by atoms with van der Waals surface area (Å²) < 4.78 is 0.